The summed E-state index contributed by atoms with van der Waals surface area (Å²) in [6, 6.07) is 16.2. The summed E-state index contributed by atoms with van der Waals surface area (Å²) in [7, 11) is 8.84. The molecule has 16 heteroatoms. The zero-order valence-corrected chi connectivity index (χ0v) is 29.1. The van der Waals surface area contributed by atoms with Crippen molar-refractivity contribution in [2.45, 2.75) is 12.8 Å². The highest BCUT2D eigenvalue weighted by molar-refractivity contribution is 7.80. The van der Waals surface area contributed by atoms with Crippen LogP contribution in [0.3, 0.4) is 0 Å². The van der Waals surface area contributed by atoms with Gasteiger partial charge in [-0.3, -0.25) is 4.18 Å². The number of anilines is 2. The number of rotatable bonds is 15. The Bertz CT molecular complexity index is 1560. The molecule has 0 aliphatic rings. The molecule has 254 valence electrons. The molecule has 2 heterocycles. The zero-order valence-electron chi connectivity index (χ0n) is 28.2. The van der Waals surface area contributed by atoms with Crippen molar-refractivity contribution in [1.29, 1.82) is 0 Å². The smallest absolute Gasteiger partial charge is 0.421 e. The van der Waals surface area contributed by atoms with Crippen LogP contribution in [0.15, 0.2) is 93.8 Å². The summed E-state index contributed by atoms with van der Waals surface area (Å²) in [4.78, 5) is 0. The fourth-order valence-electron chi connectivity index (χ4n) is 4.53. The van der Waals surface area contributed by atoms with E-state index in [9.17, 15) is 13.0 Å². The lowest BCUT2D eigenvalue weighted by atomic mass is 10.2. The van der Waals surface area contributed by atoms with Crippen LogP contribution < -0.4 is 19.8 Å². The number of azo groups is 2. The minimum atomic E-state index is -4.41. The Kier molecular flexibility index (Phi) is 13.7. The molecule has 0 saturated heterocycles. The Balaban J connectivity index is 0.000000913. The van der Waals surface area contributed by atoms with Crippen LogP contribution in [0, 0.1) is 0 Å². The molecule has 2 N–H and O–H groups in total. The first-order valence-electron chi connectivity index (χ1n) is 15.1. The van der Waals surface area contributed by atoms with E-state index in [0.717, 1.165) is 85.3 Å². The van der Waals surface area contributed by atoms with Crippen molar-refractivity contribution in [1.82, 2.24) is 9.13 Å². The number of aryl methyl sites for hydroxylation is 4. The maximum atomic E-state index is 9.22. The molecule has 0 aliphatic heterocycles. The molecular formula is C31H47N11O4S+2. The van der Waals surface area contributed by atoms with E-state index in [4.69, 9.17) is 0 Å². The van der Waals surface area contributed by atoms with Gasteiger partial charge >= 0.3 is 11.9 Å². The van der Waals surface area contributed by atoms with Gasteiger partial charge in [-0.1, -0.05) is 10.2 Å². The molecule has 0 bridgehead atoms. The van der Waals surface area contributed by atoms with Crippen LogP contribution in [0.4, 0.5) is 34.6 Å². The van der Waals surface area contributed by atoms with Crippen molar-refractivity contribution in [3.63, 3.8) is 0 Å². The molecule has 0 aliphatic carbocycles. The summed E-state index contributed by atoms with van der Waals surface area (Å²) in [5.41, 5.74) is 3.87. The van der Waals surface area contributed by atoms with Crippen molar-refractivity contribution in [2.75, 3.05) is 58.0 Å². The van der Waals surface area contributed by atoms with E-state index in [1.54, 1.807) is 0 Å². The number of aromatic nitrogens is 4. The van der Waals surface area contributed by atoms with Gasteiger partial charge in [0.1, 0.15) is 11.4 Å². The van der Waals surface area contributed by atoms with Gasteiger partial charge < -0.3 is 19.7 Å². The third-order valence-corrected chi connectivity index (χ3v) is 7.69. The molecule has 47 heavy (non-hydrogen) atoms. The number of hydrogen-bond donors (Lipinski definition) is 2. The van der Waals surface area contributed by atoms with Gasteiger partial charge in [0.15, 0.2) is 0 Å². The lowest BCUT2D eigenvalue weighted by molar-refractivity contribution is -0.890. The van der Waals surface area contributed by atoms with Gasteiger partial charge in [0.2, 0.25) is 10.4 Å². The molecule has 0 radical (unpaired) electrons. The van der Waals surface area contributed by atoms with Crippen LogP contribution in [0.1, 0.15) is 12.8 Å². The van der Waals surface area contributed by atoms with Gasteiger partial charge in [0, 0.05) is 47.5 Å². The molecule has 0 atom stereocenters. The van der Waals surface area contributed by atoms with Gasteiger partial charge in [-0.2, -0.15) is 0 Å². The number of nitrogens with zero attached hydrogens (tertiary/aromatic N) is 9. The lowest BCUT2D eigenvalue weighted by Gasteiger charge is -2.30. The maximum Gasteiger partial charge on any atom is 0.421 e. The lowest BCUT2D eigenvalue weighted by Crippen LogP contribution is -2.42. The summed E-state index contributed by atoms with van der Waals surface area (Å²) in [6.07, 6.45) is 10.0. The molecule has 2 aromatic heterocycles. The number of imidazole rings is 2. The molecule has 0 fully saturated rings. The number of nitrogens with one attached hydrogen (secondary N) is 2. The highest BCUT2D eigenvalue weighted by Gasteiger charge is 2.14. The van der Waals surface area contributed by atoms with Crippen molar-refractivity contribution in [3.05, 3.63) is 73.3 Å². The second-order valence-corrected chi connectivity index (χ2v) is 12.8. The Hall–Kier alpha value is -4.51. The predicted molar refractivity (Wildman–Crippen MR) is 179 cm³/mol. The monoisotopic (exact) mass is 669 g/mol. The first-order chi connectivity index (χ1) is 22.3. The molecule has 4 aromatic rings. The summed E-state index contributed by atoms with van der Waals surface area (Å²) in [6.45, 7) is 4.11. The molecule has 4 rings (SSSR count). The second-order valence-electron chi connectivity index (χ2n) is 11.7. The molecule has 0 amide bonds. The number of benzene rings is 2. The first-order valence-corrected chi connectivity index (χ1v) is 16.5. The Labute approximate surface area is 277 Å². The van der Waals surface area contributed by atoms with Gasteiger partial charge in [-0.05, 0) is 48.5 Å². The van der Waals surface area contributed by atoms with E-state index in [-0.39, 0.29) is 0 Å². The largest absolute Gasteiger partial charge is 0.726 e. The van der Waals surface area contributed by atoms with E-state index in [1.165, 1.54) is 0 Å². The number of hydrogen-bond acceptors (Lipinski definition) is 10. The fourth-order valence-corrected chi connectivity index (χ4v) is 4.53. The van der Waals surface area contributed by atoms with Gasteiger partial charge in [0.25, 0.3) is 0 Å². The average Bonchev–Trinajstić information content (AvgIpc) is 3.54. The molecule has 0 spiro atoms. The Morgan fingerprint density at radius 1 is 0.745 bits per heavy atom. The average molecular weight is 670 g/mol. The highest BCUT2D eigenvalue weighted by atomic mass is 32.3. The normalized spacial score (nSPS) is 12.0. The third kappa shape index (κ3) is 13.0. The maximum absolute atomic E-state index is 9.22. The number of quaternary nitrogens is 1. The van der Waals surface area contributed by atoms with Crippen LogP contribution in [0.25, 0.3) is 0 Å². The van der Waals surface area contributed by atoms with Crippen LogP contribution in [0.5, 0.6) is 0 Å². The van der Waals surface area contributed by atoms with E-state index >= 15 is 0 Å². The van der Waals surface area contributed by atoms with Gasteiger partial charge in [0.05, 0.1) is 87.3 Å². The third-order valence-electron chi connectivity index (χ3n) is 7.28. The van der Waals surface area contributed by atoms with Crippen molar-refractivity contribution >= 4 is 45.0 Å². The molecule has 0 unspecified atom stereocenters. The van der Waals surface area contributed by atoms with Crippen LogP contribution in [-0.2, 0) is 42.8 Å². The van der Waals surface area contributed by atoms with Crippen LogP contribution in [0.2, 0.25) is 0 Å². The van der Waals surface area contributed by atoms with E-state index in [2.05, 4.69) is 73.6 Å². The topological polar surface area (TPSA) is 158 Å². The SMILES string of the molecule is COS(=O)(=O)[O-].Cn1cc[n+](C)c1N=Nc1ccc(NCCC[N+](C)(C)CCCNc2ccc(N=Nc3n(C)cc[n+]3C)cc2)cc1. The minimum Gasteiger partial charge on any atom is -0.726 e. The van der Waals surface area contributed by atoms with E-state index in [0.29, 0.717) is 0 Å². The first kappa shape index (κ1) is 37.0. The van der Waals surface area contributed by atoms with Gasteiger partial charge in [-0.15, -0.1) is 0 Å². The standard InChI is InChI=1S/C30H42N11.CH4O4S/c1-37-19-20-38(2)29(37)35-33-27-13-9-25(10-14-27)31-17-7-23-41(5,6)24-8-18-32-26-11-15-28(16-12-26)34-36-30-39(3)21-22-40(30)4;1-5-6(2,3)4/h9-16,19-22H,7-8,17-18,23-24H2,1-6H3;1H3,(H,2,3,4)/q+1;/p+1. The fraction of sp³-hybridized carbons (Fsp3) is 0.419. The molecular weight excluding hydrogens is 622 g/mol. The quantitative estimate of drug-likeness (QED) is 0.0480. The molecule has 15 nitrogen and oxygen atoms in total. The summed E-state index contributed by atoms with van der Waals surface area (Å²) in [5.74, 6) is 1.60. The van der Waals surface area contributed by atoms with Crippen molar-refractivity contribution in [3.8, 4) is 0 Å². The predicted octanol–water partition coefficient (Wildman–Crippen LogP) is 4.32. The Morgan fingerprint density at radius 3 is 1.40 bits per heavy atom. The summed E-state index contributed by atoms with van der Waals surface area (Å²) in [5, 5.41) is 24.5. The molecule has 2 aromatic carbocycles. The van der Waals surface area contributed by atoms with Crippen molar-refractivity contribution in [2.24, 2.45) is 48.6 Å². The van der Waals surface area contributed by atoms with E-state index in [1.807, 2.05) is 95.5 Å². The second kappa shape index (κ2) is 17.4. The van der Waals surface area contributed by atoms with Gasteiger partial charge in [-0.25, -0.2) is 26.7 Å². The summed E-state index contributed by atoms with van der Waals surface area (Å²) >= 11 is 0. The zero-order chi connectivity index (χ0) is 34.5. The van der Waals surface area contributed by atoms with Crippen LogP contribution in [-0.4, -0.2) is 74.0 Å². The molecule has 0 saturated carbocycles. The minimum absolute atomic E-state index is 0.801. The van der Waals surface area contributed by atoms with E-state index < -0.39 is 10.4 Å². The summed E-state index contributed by atoms with van der Waals surface area (Å²) < 4.78 is 39.8. The Morgan fingerprint density at radius 2 is 1.11 bits per heavy atom. The highest BCUT2D eigenvalue weighted by Crippen LogP contribution is 2.20. The van der Waals surface area contributed by atoms with Crippen LogP contribution >= 0.6 is 0 Å². The van der Waals surface area contributed by atoms with Crippen molar-refractivity contribution < 1.29 is 30.8 Å².